The van der Waals surface area contributed by atoms with E-state index in [1.165, 1.54) is 0 Å². The Bertz CT molecular complexity index is 422. The molecule has 2 rings (SSSR count). The number of aryl methyl sites for hydroxylation is 1. The molecule has 0 atom stereocenters. The predicted octanol–water partition coefficient (Wildman–Crippen LogP) is 2.47. The van der Waals surface area contributed by atoms with Crippen molar-refractivity contribution in [3.05, 3.63) is 29.3 Å². The van der Waals surface area contributed by atoms with E-state index in [1.54, 1.807) is 23.5 Å². The standard InChI is InChI=1S/C10H10N2OS/c1-2-9-11-12-10(14-9)7-3-5-8(13)6-4-7/h3-6,13H,2H2,1H3. The summed E-state index contributed by atoms with van der Waals surface area (Å²) in [7, 11) is 0. The molecule has 0 aliphatic heterocycles. The maximum Gasteiger partial charge on any atom is 0.147 e. The van der Waals surface area contributed by atoms with Crippen LogP contribution in [-0.2, 0) is 6.42 Å². The summed E-state index contributed by atoms with van der Waals surface area (Å²) in [6.07, 6.45) is 0.912. The normalized spacial score (nSPS) is 10.4. The lowest BCUT2D eigenvalue weighted by molar-refractivity contribution is 0.475. The maximum absolute atomic E-state index is 9.12. The van der Waals surface area contributed by atoms with Crippen LogP contribution >= 0.6 is 11.3 Å². The monoisotopic (exact) mass is 206 g/mol. The number of hydrogen-bond acceptors (Lipinski definition) is 4. The predicted molar refractivity (Wildman–Crippen MR) is 56.4 cm³/mol. The molecule has 3 nitrogen and oxygen atoms in total. The van der Waals surface area contributed by atoms with Crippen molar-refractivity contribution < 1.29 is 5.11 Å². The quantitative estimate of drug-likeness (QED) is 0.821. The van der Waals surface area contributed by atoms with Crippen molar-refractivity contribution in [2.75, 3.05) is 0 Å². The first-order valence-electron chi connectivity index (χ1n) is 4.41. The van der Waals surface area contributed by atoms with Gasteiger partial charge in [0.2, 0.25) is 0 Å². The van der Waals surface area contributed by atoms with Crippen LogP contribution in [0.1, 0.15) is 11.9 Å². The molecule has 1 aromatic heterocycles. The van der Waals surface area contributed by atoms with Crippen LogP contribution in [-0.4, -0.2) is 15.3 Å². The molecule has 1 N–H and O–H groups in total. The van der Waals surface area contributed by atoms with Crippen molar-refractivity contribution in [1.29, 1.82) is 0 Å². The third kappa shape index (κ3) is 1.75. The smallest absolute Gasteiger partial charge is 0.147 e. The fraction of sp³-hybridized carbons (Fsp3) is 0.200. The van der Waals surface area contributed by atoms with Crippen molar-refractivity contribution in [3.8, 4) is 16.3 Å². The number of rotatable bonds is 2. The molecule has 1 heterocycles. The number of aromatic nitrogens is 2. The molecule has 0 aliphatic rings. The van der Waals surface area contributed by atoms with E-state index in [0.717, 1.165) is 22.0 Å². The van der Waals surface area contributed by atoms with Gasteiger partial charge in [0.15, 0.2) is 0 Å². The Balaban J connectivity index is 2.34. The van der Waals surface area contributed by atoms with Gasteiger partial charge < -0.3 is 5.11 Å². The topological polar surface area (TPSA) is 46.0 Å². The van der Waals surface area contributed by atoms with Gasteiger partial charge >= 0.3 is 0 Å². The van der Waals surface area contributed by atoms with Gasteiger partial charge in [0.25, 0.3) is 0 Å². The molecule has 0 aliphatic carbocycles. The Morgan fingerprint density at radius 2 is 1.93 bits per heavy atom. The molecule has 0 amide bonds. The second kappa shape index (κ2) is 3.75. The van der Waals surface area contributed by atoms with E-state index >= 15 is 0 Å². The van der Waals surface area contributed by atoms with Crippen LogP contribution in [0.3, 0.4) is 0 Å². The Morgan fingerprint density at radius 3 is 2.50 bits per heavy atom. The van der Waals surface area contributed by atoms with Crippen LogP contribution in [0, 0.1) is 0 Å². The molecule has 2 aromatic rings. The fourth-order valence-electron chi connectivity index (χ4n) is 1.12. The van der Waals surface area contributed by atoms with Gasteiger partial charge in [-0.3, -0.25) is 0 Å². The first-order valence-corrected chi connectivity index (χ1v) is 5.23. The summed E-state index contributed by atoms with van der Waals surface area (Å²) in [5.41, 5.74) is 1.00. The molecule has 0 unspecified atom stereocenters. The van der Waals surface area contributed by atoms with Gasteiger partial charge in [0.05, 0.1) is 0 Å². The summed E-state index contributed by atoms with van der Waals surface area (Å²) >= 11 is 1.59. The van der Waals surface area contributed by atoms with Crippen molar-refractivity contribution >= 4 is 11.3 Å². The number of phenolic OH excluding ortho intramolecular Hbond substituents is 1. The maximum atomic E-state index is 9.12. The Hall–Kier alpha value is -1.42. The molecule has 0 saturated carbocycles. The zero-order valence-electron chi connectivity index (χ0n) is 7.77. The third-order valence-corrected chi connectivity index (χ3v) is 3.00. The van der Waals surface area contributed by atoms with E-state index in [-0.39, 0.29) is 5.75 Å². The highest BCUT2D eigenvalue weighted by molar-refractivity contribution is 7.14. The molecule has 14 heavy (non-hydrogen) atoms. The Morgan fingerprint density at radius 1 is 1.21 bits per heavy atom. The summed E-state index contributed by atoms with van der Waals surface area (Å²) in [4.78, 5) is 0. The number of aromatic hydroxyl groups is 1. The highest BCUT2D eigenvalue weighted by Gasteiger charge is 2.04. The molecule has 0 spiro atoms. The van der Waals surface area contributed by atoms with E-state index in [4.69, 9.17) is 5.11 Å². The van der Waals surface area contributed by atoms with E-state index in [9.17, 15) is 0 Å². The molecule has 0 fully saturated rings. The van der Waals surface area contributed by atoms with Crippen molar-refractivity contribution in [2.24, 2.45) is 0 Å². The van der Waals surface area contributed by atoms with Crippen LogP contribution in [0.15, 0.2) is 24.3 Å². The highest BCUT2D eigenvalue weighted by Crippen LogP contribution is 2.24. The van der Waals surface area contributed by atoms with Gasteiger partial charge in [-0.15, -0.1) is 10.2 Å². The van der Waals surface area contributed by atoms with Gasteiger partial charge in [-0.25, -0.2) is 0 Å². The summed E-state index contributed by atoms with van der Waals surface area (Å²) < 4.78 is 0. The van der Waals surface area contributed by atoms with Crippen LogP contribution in [0.2, 0.25) is 0 Å². The molecule has 0 saturated heterocycles. The van der Waals surface area contributed by atoms with E-state index in [1.807, 2.05) is 12.1 Å². The second-order valence-corrected chi connectivity index (χ2v) is 3.96. The van der Waals surface area contributed by atoms with Crippen molar-refractivity contribution in [3.63, 3.8) is 0 Å². The Kier molecular flexibility index (Phi) is 2.45. The van der Waals surface area contributed by atoms with Crippen molar-refractivity contribution in [1.82, 2.24) is 10.2 Å². The molecule has 0 radical (unpaired) electrons. The molecule has 1 aromatic carbocycles. The lowest BCUT2D eigenvalue weighted by atomic mass is 10.2. The average molecular weight is 206 g/mol. The lowest BCUT2D eigenvalue weighted by Gasteiger charge is -1.94. The summed E-state index contributed by atoms with van der Waals surface area (Å²) in [6, 6.07) is 7.00. The molecule has 72 valence electrons. The third-order valence-electron chi connectivity index (χ3n) is 1.88. The van der Waals surface area contributed by atoms with Gasteiger partial charge in [-0.05, 0) is 30.7 Å². The van der Waals surface area contributed by atoms with Gasteiger partial charge in [-0.2, -0.15) is 0 Å². The molecule has 4 heteroatoms. The minimum atomic E-state index is 0.272. The van der Waals surface area contributed by atoms with Crippen LogP contribution in [0.25, 0.3) is 10.6 Å². The fourth-order valence-corrected chi connectivity index (χ4v) is 1.90. The van der Waals surface area contributed by atoms with Gasteiger partial charge in [0.1, 0.15) is 15.8 Å². The molecule has 0 bridgehead atoms. The van der Waals surface area contributed by atoms with Crippen molar-refractivity contribution in [2.45, 2.75) is 13.3 Å². The zero-order valence-corrected chi connectivity index (χ0v) is 8.58. The summed E-state index contributed by atoms with van der Waals surface area (Å²) in [6.45, 7) is 2.06. The minimum absolute atomic E-state index is 0.272. The summed E-state index contributed by atoms with van der Waals surface area (Å²) in [5, 5.41) is 19.2. The van der Waals surface area contributed by atoms with E-state index in [0.29, 0.717) is 0 Å². The zero-order chi connectivity index (χ0) is 9.97. The number of nitrogens with zero attached hydrogens (tertiary/aromatic N) is 2. The first-order chi connectivity index (χ1) is 6.79. The first kappa shape index (κ1) is 9.15. The largest absolute Gasteiger partial charge is 0.508 e. The van der Waals surface area contributed by atoms with E-state index in [2.05, 4.69) is 17.1 Å². The number of benzene rings is 1. The van der Waals surface area contributed by atoms with Crippen LogP contribution < -0.4 is 0 Å². The average Bonchev–Trinajstić information content (AvgIpc) is 2.67. The second-order valence-electron chi connectivity index (χ2n) is 2.90. The van der Waals surface area contributed by atoms with Crippen LogP contribution in [0.4, 0.5) is 0 Å². The van der Waals surface area contributed by atoms with Gasteiger partial charge in [-0.1, -0.05) is 18.3 Å². The minimum Gasteiger partial charge on any atom is -0.508 e. The molecular formula is C10H10N2OS. The summed E-state index contributed by atoms with van der Waals surface area (Å²) in [5.74, 6) is 0.272. The molecular weight excluding hydrogens is 196 g/mol. The highest BCUT2D eigenvalue weighted by atomic mass is 32.1. The SMILES string of the molecule is CCc1nnc(-c2ccc(O)cc2)s1. The number of phenols is 1. The lowest BCUT2D eigenvalue weighted by Crippen LogP contribution is -1.77. The Labute approximate surface area is 86.1 Å². The van der Waals surface area contributed by atoms with Gasteiger partial charge in [0, 0.05) is 5.56 Å². The van der Waals surface area contributed by atoms with E-state index < -0.39 is 0 Å². The van der Waals surface area contributed by atoms with Crippen LogP contribution in [0.5, 0.6) is 5.75 Å². The number of hydrogen-bond donors (Lipinski definition) is 1.